The van der Waals surface area contributed by atoms with Gasteiger partial charge in [-0.25, -0.2) is 4.98 Å². The molecule has 0 saturated carbocycles. The van der Waals surface area contributed by atoms with Gasteiger partial charge in [0.25, 0.3) is 0 Å². The summed E-state index contributed by atoms with van der Waals surface area (Å²) < 4.78 is 1.90. The average molecular weight is 449 g/mol. The summed E-state index contributed by atoms with van der Waals surface area (Å²) in [6.07, 6.45) is 1.78. The Kier molecular flexibility index (Phi) is 3.84. The highest BCUT2D eigenvalue weighted by atomic mass is 79.9. The van der Waals surface area contributed by atoms with Gasteiger partial charge in [0.1, 0.15) is 11.0 Å². The molecule has 0 unspecified atom stereocenters. The van der Waals surface area contributed by atoms with Crippen molar-refractivity contribution in [2.24, 2.45) is 0 Å². The molecule has 1 heterocycles. The topological polar surface area (TPSA) is 25.8 Å². The Bertz CT molecular complexity index is 1060. The molecule has 0 saturated heterocycles. The van der Waals surface area contributed by atoms with Gasteiger partial charge in [0.2, 0.25) is 0 Å². The van der Waals surface area contributed by atoms with Crippen LogP contribution in [0.1, 0.15) is 0 Å². The molecule has 0 radical (unpaired) electrons. The molecule has 23 heavy (non-hydrogen) atoms. The average Bonchev–Trinajstić information content (AvgIpc) is 2.59. The largest absolute Gasteiger partial charge is 0.251 e. The molecular weight excluding hydrogens is 439 g/mol. The van der Waals surface area contributed by atoms with Gasteiger partial charge in [-0.05, 0) is 54.8 Å². The predicted molar refractivity (Wildman–Crippen MR) is 103 cm³/mol. The smallest absolute Gasteiger partial charge is 0.105 e. The number of aromatic nitrogens is 2. The zero-order valence-electron chi connectivity index (χ0n) is 11.7. The van der Waals surface area contributed by atoms with Gasteiger partial charge in [-0.2, -0.15) is 0 Å². The van der Waals surface area contributed by atoms with Crippen LogP contribution in [0.3, 0.4) is 0 Å². The van der Waals surface area contributed by atoms with Crippen LogP contribution in [0.25, 0.3) is 33.1 Å². The maximum absolute atomic E-state index is 6.08. The molecule has 0 bridgehead atoms. The third-order valence-electron chi connectivity index (χ3n) is 3.71. The number of hydrogen-bond donors (Lipinski definition) is 0. The Morgan fingerprint density at radius 2 is 1.52 bits per heavy atom. The fourth-order valence-corrected chi connectivity index (χ4v) is 4.06. The molecule has 0 aliphatic heterocycles. The number of rotatable bonds is 1. The van der Waals surface area contributed by atoms with E-state index in [9.17, 15) is 0 Å². The SMILES string of the molecule is Clc1cccc(-c2cnc3c(Br)c4ccccc4c(Br)c3n2)c1. The van der Waals surface area contributed by atoms with Crippen molar-refractivity contribution in [2.45, 2.75) is 0 Å². The highest BCUT2D eigenvalue weighted by Crippen LogP contribution is 2.38. The molecule has 4 aromatic rings. The van der Waals surface area contributed by atoms with E-state index in [4.69, 9.17) is 16.6 Å². The normalized spacial score (nSPS) is 11.3. The van der Waals surface area contributed by atoms with E-state index in [2.05, 4.69) is 49.0 Å². The second-order valence-corrected chi connectivity index (χ2v) is 7.16. The first-order valence-electron chi connectivity index (χ1n) is 6.93. The zero-order chi connectivity index (χ0) is 16.0. The minimum Gasteiger partial charge on any atom is -0.251 e. The summed E-state index contributed by atoms with van der Waals surface area (Å²) in [5.41, 5.74) is 3.40. The Morgan fingerprint density at radius 1 is 0.826 bits per heavy atom. The summed E-state index contributed by atoms with van der Waals surface area (Å²) in [6, 6.07) is 15.8. The monoisotopic (exact) mass is 446 g/mol. The molecule has 4 rings (SSSR count). The van der Waals surface area contributed by atoms with Crippen molar-refractivity contribution in [3.63, 3.8) is 0 Å². The van der Waals surface area contributed by atoms with Gasteiger partial charge in [-0.3, -0.25) is 4.98 Å². The first-order valence-corrected chi connectivity index (χ1v) is 8.90. The number of nitrogens with zero attached hydrogens (tertiary/aromatic N) is 2. The van der Waals surface area contributed by atoms with Gasteiger partial charge in [0.15, 0.2) is 0 Å². The fraction of sp³-hybridized carbons (Fsp3) is 0. The lowest BCUT2D eigenvalue weighted by Crippen LogP contribution is -1.92. The second-order valence-electron chi connectivity index (χ2n) is 5.14. The summed E-state index contributed by atoms with van der Waals surface area (Å²) >= 11 is 13.4. The first-order chi connectivity index (χ1) is 11.1. The molecule has 1 aromatic heterocycles. The van der Waals surface area contributed by atoms with Gasteiger partial charge in [-0.1, -0.05) is 48.0 Å². The molecular formula is C18H9Br2ClN2. The predicted octanol–water partition coefficient (Wildman–Crippen LogP) is 6.63. The van der Waals surface area contributed by atoms with Crippen LogP contribution < -0.4 is 0 Å². The van der Waals surface area contributed by atoms with Crippen molar-refractivity contribution in [3.8, 4) is 11.3 Å². The zero-order valence-corrected chi connectivity index (χ0v) is 15.7. The van der Waals surface area contributed by atoms with Gasteiger partial charge in [0.05, 0.1) is 20.8 Å². The number of benzene rings is 3. The molecule has 0 spiro atoms. The molecule has 112 valence electrons. The third-order valence-corrected chi connectivity index (χ3v) is 5.55. The molecule has 0 fully saturated rings. The second kappa shape index (κ2) is 5.86. The quantitative estimate of drug-likeness (QED) is 0.306. The molecule has 0 N–H and O–H groups in total. The minimum absolute atomic E-state index is 0.683. The summed E-state index contributed by atoms with van der Waals surface area (Å²) in [5, 5.41) is 2.89. The Morgan fingerprint density at radius 3 is 2.22 bits per heavy atom. The molecule has 0 aliphatic carbocycles. The van der Waals surface area contributed by atoms with E-state index in [0.29, 0.717) is 5.02 Å². The number of fused-ring (bicyclic) bond motifs is 2. The highest BCUT2D eigenvalue weighted by molar-refractivity contribution is 9.11. The Balaban J connectivity index is 2.06. The third kappa shape index (κ3) is 2.55. The lowest BCUT2D eigenvalue weighted by Gasteiger charge is -2.10. The van der Waals surface area contributed by atoms with Crippen LogP contribution in [-0.4, -0.2) is 9.97 Å². The van der Waals surface area contributed by atoms with E-state index in [1.54, 1.807) is 6.20 Å². The van der Waals surface area contributed by atoms with Crippen LogP contribution >= 0.6 is 43.5 Å². The van der Waals surface area contributed by atoms with Gasteiger partial charge >= 0.3 is 0 Å². The van der Waals surface area contributed by atoms with Gasteiger partial charge in [-0.15, -0.1) is 0 Å². The van der Waals surface area contributed by atoms with Crippen LogP contribution in [0.15, 0.2) is 63.7 Å². The summed E-state index contributed by atoms with van der Waals surface area (Å²) in [7, 11) is 0. The minimum atomic E-state index is 0.683. The molecule has 5 heteroatoms. The molecule has 0 aliphatic rings. The molecule has 0 atom stereocenters. The van der Waals surface area contributed by atoms with E-state index in [0.717, 1.165) is 42.0 Å². The van der Waals surface area contributed by atoms with Gasteiger partial charge < -0.3 is 0 Å². The number of halogens is 3. The van der Waals surface area contributed by atoms with Crippen LogP contribution in [0, 0.1) is 0 Å². The van der Waals surface area contributed by atoms with Crippen LogP contribution in [-0.2, 0) is 0 Å². The van der Waals surface area contributed by atoms with E-state index < -0.39 is 0 Å². The lowest BCUT2D eigenvalue weighted by atomic mass is 10.1. The van der Waals surface area contributed by atoms with Crippen molar-refractivity contribution in [1.29, 1.82) is 0 Å². The van der Waals surface area contributed by atoms with Crippen molar-refractivity contribution in [2.75, 3.05) is 0 Å². The molecule has 3 aromatic carbocycles. The Hall–Kier alpha value is -1.49. The maximum Gasteiger partial charge on any atom is 0.105 e. The van der Waals surface area contributed by atoms with E-state index in [1.165, 1.54) is 0 Å². The standard InChI is InChI=1S/C18H9Br2ClN2/c19-15-12-6-1-2-7-13(12)16(20)18-17(15)22-9-14(23-18)10-4-3-5-11(21)8-10/h1-9H. The molecule has 2 nitrogen and oxygen atoms in total. The summed E-state index contributed by atoms with van der Waals surface area (Å²) in [5.74, 6) is 0. The maximum atomic E-state index is 6.08. The van der Waals surface area contributed by atoms with Crippen molar-refractivity contribution in [3.05, 3.63) is 68.7 Å². The fourth-order valence-electron chi connectivity index (χ4n) is 2.61. The van der Waals surface area contributed by atoms with Gasteiger partial charge in [0, 0.05) is 10.6 Å². The Labute approximate surface area is 154 Å². The van der Waals surface area contributed by atoms with E-state index >= 15 is 0 Å². The van der Waals surface area contributed by atoms with Crippen LogP contribution in [0.5, 0.6) is 0 Å². The van der Waals surface area contributed by atoms with E-state index in [-0.39, 0.29) is 0 Å². The molecule has 0 amide bonds. The van der Waals surface area contributed by atoms with E-state index in [1.807, 2.05) is 36.4 Å². The highest BCUT2D eigenvalue weighted by Gasteiger charge is 2.14. The van der Waals surface area contributed by atoms with Crippen molar-refractivity contribution >= 4 is 65.3 Å². The summed E-state index contributed by atoms with van der Waals surface area (Å²) in [4.78, 5) is 9.41. The lowest BCUT2D eigenvalue weighted by molar-refractivity contribution is 1.29. The first kappa shape index (κ1) is 15.1. The summed E-state index contributed by atoms with van der Waals surface area (Å²) in [6.45, 7) is 0. The van der Waals surface area contributed by atoms with Crippen molar-refractivity contribution in [1.82, 2.24) is 9.97 Å². The van der Waals surface area contributed by atoms with Crippen molar-refractivity contribution < 1.29 is 0 Å². The number of hydrogen-bond acceptors (Lipinski definition) is 2. The van der Waals surface area contributed by atoms with Crippen LogP contribution in [0.4, 0.5) is 0 Å². The van der Waals surface area contributed by atoms with Crippen LogP contribution in [0.2, 0.25) is 5.02 Å².